The van der Waals surface area contributed by atoms with Crippen molar-refractivity contribution in [2.45, 2.75) is 0 Å². The summed E-state index contributed by atoms with van der Waals surface area (Å²) >= 11 is 0. The lowest BCUT2D eigenvalue weighted by Crippen LogP contribution is -2.08. The van der Waals surface area contributed by atoms with Crippen molar-refractivity contribution in [2.75, 3.05) is 19.0 Å². The third-order valence-electron chi connectivity index (χ3n) is 2.02. The summed E-state index contributed by atoms with van der Waals surface area (Å²) in [5.74, 6) is 0. The van der Waals surface area contributed by atoms with E-state index in [1.165, 1.54) is 6.07 Å². The third-order valence-corrected chi connectivity index (χ3v) is 2.02. The largest absolute Gasteiger partial charge is 0.423 e. The Morgan fingerprint density at radius 1 is 1.36 bits per heavy atom. The summed E-state index contributed by atoms with van der Waals surface area (Å²) in [4.78, 5) is 12.9. The smallest absolute Gasteiger partial charge is 0.336 e. The predicted molar refractivity (Wildman–Crippen MR) is 55.6 cm³/mol. The monoisotopic (exact) mass is 188 g/mol. The Balaban J connectivity index is 2.69. The first kappa shape index (κ1) is 8.81. The van der Waals surface area contributed by atoms with E-state index in [2.05, 4.69) is 6.07 Å². The van der Waals surface area contributed by atoms with Crippen molar-refractivity contribution in [3.63, 3.8) is 0 Å². The molecule has 0 amide bonds. The molecule has 1 aromatic heterocycles. The Kier molecular flexibility index (Phi) is 2.00. The summed E-state index contributed by atoms with van der Waals surface area (Å²) < 4.78 is 5.05. The molecule has 0 unspecified atom stereocenters. The van der Waals surface area contributed by atoms with Gasteiger partial charge in [-0.3, -0.25) is 0 Å². The molecule has 0 atom stereocenters. The first-order valence-corrected chi connectivity index (χ1v) is 4.30. The van der Waals surface area contributed by atoms with Crippen LogP contribution in [0.25, 0.3) is 11.0 Å². The molecule has 3 nitrogen and oxygen atoms in total. The van der Waals surface area contributed by atoms with Crippen LogP contribution in [0.15, 0.2) is 33.5 Å². The molecule has 0 spiro atoms. The minimum atomic E-state index is -0.326. The fourth-order valence-corrected chi connectivity index (χ4v) is 1.25. The zero-order valence-corrected chi connectivity index (χ0v) is 8.07. The maximum absolute atomic E-state index is 11.0. The Hall–Kier alpha value is -1.77. The number of anilines is 1. The number of rotatable bonds is 1. The zero-order chi connectivity index (χ0) is 10.1. The van der Waals surface area contributed by atoms with Crippen molar-refractivity contribution < 1.29 is 4.42 Å². The summed E-state index contributed by atoms with van der Waals surface area (Å²) in [6.07, 6.45) is 0. The maximum atomic E-state index is 11.0. The van der Waals surface area contributed by atoms with E-state index in [4.69, 9.17) is 4.42 Å². The number of hydrogen-bond donors (Lipinski definition) is 0. The molecule has 3 heteroatoms. The van der Waals surface area contributed by atoms with Gasteiger partial charge in [0.2, 0.25) is 0 Å². The van der Waals surface area contributed by atoms with Crippen molar-refractivity contribution in [3.05, 3.63) is 40.8 Å². The molecular formula is C11H10NO2. The van der Waals surface area contributed by atoms with E-state index < -0.39 is 0 Å². The highest BCUT2D eigenvalue weighted by Crippen LogP contribution is 2.18. The highest BCUT2D eigenvalue weighted by molar-refractivity contribution is 5.79. The van der Waals surface area contributed by atoms with Crippen LogP contribution >= 0.6 is 0 Å². The lowest BCUT2D eigenvalue weighted by molar-refractivity contribution is 0.561. The van der Waals surface area contributed by atoms with Crippen LogP contribution in [-0.4, -0.2) is 14.1 Å². The SMILES string of the molecule is CN(C)c1[c]cc2ccc(=O)oc2c1. The fourth-order valence-electron chi connectivity index (χ4n) is 1.25. The molecule has 2 rings (SSSR count). The van der Waals surface area contributed by atoms with E-state index in [-0.39, 0.29) is 5.63 Å². The summed E-state index contributed by atoms with van der Waals surface area (Å²) in [5, 5.41) is 0.884. The molecule has 1 aromatic carbocycles. The molecule has 1 heterocycles. The Bertz CT molecular complexity index is 514. The minimum Gasteiger partial charge on any atom is -0.423 e. The topological polar surface area (TPSA) is 33.5 Å². The van der Waals surface area contributed by atoms with Crippen molar-refractivity contribution in [3.8, 4) is 0 Å². The van der Waals surface area contributed by atoms with E-state index in [1.54, 1.807) is 12.1 Å². The lowest BCUT2D eigenvalue weighted by atomic mass is 10.2. The van der Waals surface area contributed by atoms with Gasteiger partial charge in [0.15, 0.2) is 0 Å². The second-order valence-corrected chi connectivity index (χ2v) is 3.29. The predicted octanol–water partition coefficient (Wildman–Crippen LogP) is 1.66. The minimum absolute atomic E-state index is 0.326. The van der Waals surface area contributed by atoms with E-state index in [0.717, 1.165) is 11.1 Å². The van der Waals surface area contributed by atoms with E-state index in [0.29, 0.717) is 5.58 Å². The number of hydrogen-bond acceptors (Lipinski definition) is 3. The molecule has 0 bridgehead atoms. The van der Waals surface area contributed by atoms with Crippen molar-refractivity contribution in [1.82, 2.24) is 0 Å². The molecule has 0 saturated heterocycles. The van der Waals surface area contributed by atoms with Gasteiger partial charge in [0.05, 0.1) is 0 Å². The Morgan fingerprint density at radius 3 is 2.86 bits per heavy atom. The second-order valence-electron chi connectivity index (χ2n) is 3.29. The molecule has 1 radical (unpaired) electrons. The van der Waals surface area contributed by atoms with Gasteiger partial charge in [-0.1, -0.05) is 0 Å². The molecule has 0 aliphatic carbocycles. The van der Waals surface area contributed by atoms with Crippen LogP contribution in [0, 0.1) is 6.07 Å². The number of nitrogens with zero attached hydrogens (tertiary/aromatic N) is 1. The van der Waals surface area contributed by atoms with E-state index in [1.807, 2.05) is 25.1 Å². The van der Waals surface area contributed by atoms with Gasteiger partial charge in [0.25, 0.3) is 0 Å². The Morgan fingerprint density at radius 2 is 2.14 bits per heavy atom. The molecule has 0 aliphatic heterocycles. The van der Waals surface area contributed by atoms with Gasteiger partial charge in [0.1, 0.15) is 5.58 Å². The van der Waals surface area contributed by atoms with Gasteiger partial charge in [-0.25, -0.2) is 4.79 Å². The number of fused-ring (bicyclic) bond motifs is 1. The van der Waals surface area contributed by atoms with Gasteiger partial charge in [-0.05, 0) is 12.1 Å². The Labute approximate surface area is 81.6 Å². The quantitative estimate of drug-likeness (QED) is 0.638. The van der Waals surface area contributed by atoms with Gasteiger partial charge < -0.3 is 9.32 Å². The molecule has 0 saturated carbocycles. The van der Waals surface area contributed by atoms with Crippen LogP contribution in [0.3, 0.4) is 0 Å². The zero-order valence-electron chi connectivity index (χ0n) is 8.07. The summed E-state index contributed by atoms with van der Waals surface area (Å²) in [7, 11) is 3.83. The molecule has 14 heavy (non-hydrogen) atoms. The van der Waals surface area contributed by atoms with E-state index >= 15 is 0 Å². The van der Waals surface area contributed by atoms with Crippen LogP contribution in [-0.2, 0) is 0 Å². The lowest BCUT2D eigenvalue weighted by Gasteiger charge is -2.11. The molecule has 0 aliphatic rings. The van der Waals surface area contributed by atoms with Gasteiger partial charge in [0, 0.05) is 43.4 Å². The van der Waals surface area contributed by atoms with Crippen molar-refractivity contribution in [2.24, 2.45) is 0 Å². The van der Waals surface area contributed by atoms with Crippen LogP contribution in [0.1, 0.15) is 0 Å². The molecular weight excluding hydrogens is 178 g/mol. The average Bonchev–Trinajstić information content (AvgIpc) is 2.16. The van der Waals surface area contributed by atoms with Crippen LogP contribution in [0.5, 0.6) is 0 Å². The molecule has 0 fully saturated rings. The van der Waals surface area contributed by atoms with Crippen LogP contribution in [0.4, 0.5) is 5.69 Å². The highest BCUT2D eigenvalue weighted by Gasteiger charge is 2.00. The first-order valence-electron chi connectivity index (χ1n) is 4.30. The van der Waals surface area contributed by atoms with Gasteiger partial charge in [-0.2, -0.15) is 0 Å². The summed E-state index contributed by atoms with van der Waals surface area (Å²) in [6, 6.07) is 9.85. The van der Waals surface area contributed by atoms with Crippen LogP contribution < -0.4 is 10.5 Å². The number of benzene rings is 1. The average molecular weight is 188 g/mol. The third kappa shape index (κ3) is 1.48. The highest BCUT2D eigenvalue weighted by atomic mass is 16.4. The van der Waals surface area contributed by atoms with Gasteiger partial charge in [-0.15, -0.1) is 0 Å². The van der Waals surface area contributed by atoms with Crippen LogP contribution in [0.2, 0.25) is 0 Å². The fraction of sp³-hybridized carbons (Fsp3) is 0.182. The maximum Gasteiger partial charge on any atom is 0.336 e. The van der Waals surface area contributed by atoms with Gasteiger partial charge >= 0.3 is 5.63 Å². The molecule has 71 valence electrons. The second kappa shape index (κ2) is 3.18. The molecule has 2 aromatic rings. The summed E-state index contributed by atoms with van der Waals surface area (Å²) in [5.41, 5.74) is 1.17. The standard InChI is InChI=1S/C11H10NO2/c1-12(2)9-5-3-8-4-6-11(13)14-10(8)7-9/h3-4,6-7H,1-2H3. The van der Waals surface area contributed by atoms with Crippen molar-refractivity contribution >= 4 is 16.7 Å². The molecule has 0 N–H and O–H groups in total. The normalized spacial score (nSPS) is 10.4. The van der Waals surface area contributed by atoms with Crippen molar-refractivity contribution in [1.29, 1.82) is 0 Å². The van der Waals surface area contributed by atoms with E-state index in [9.17, 15) is 4.79 Å². The summed E-state index contributed by atoms with van der Waals surface area (Å²) in [6.45, 7) is 0. The first-order chi connectivity index (χ1) is 6.66.